The van der Waals surface area contributed by atoms with Crippen LogP contribution in [0.3, 0.4) is 0 Å². The highest BCUT2D eigenvalue weighted by molar-refractivity contribution is 5.82. The molecule has 1 aromatic heterocycles. The molecule has 2 heterocycles. The van der Waals surface area contributed by atoms with Gasteiger partial charge in [-0.15, -0.1) is 0 Å². The van der Waals surface area contributed by atoms with Gasteiger partial charge in [-0.05, 0) is 25.0 Å². The van der Waals surface area contributed by atoms with Crippen molar-refractivity contribution in [2.24, 2.45) is 4.99 Å². The molecule has 1 aliphatic heterocycles. The van der Waals surface area contributed by atoms with Crippen LogP contribution < -0.4 is 5.32 Å². The molecule has 16 heavy (non-hydrogen) atoms. The van der Waals surface area contributed by atoms with E-state index < -0.39 is 0 Å². The van der Waals surface area contributed by atoms with Crippen LogP contribution >= 0.6 is 0 Å². The third-order valence-corrected chi connectivity index (χ3v) is 2.81. The lowest BCUT2D eigenvalue weighted by atomic mass is 10.2. The lowest BCUT2D eigenvalue weighted by Gasteiger charge is -2.07. The molecule has 86 valence electrons. The van der Waals surface area contributed by atoms with Crippen LogP contribution in [0.2, 0.25) is 0 Å². The van der Waals surface area contributed by atoms with Crippen molar-refractivity contribution in [2.45, 2.75) is 32.1 Å². The van der Waals surface area contributed by atoms with Gasteiger partial charge < -0.3 is 5.32 Å². The second-order valence-electron chi connectivity index (χ2n) is 4.14. The molecule has 3 heteroatoms. The molecule has 0 saturated heterocycles. The van der Waals surface area contributed by atoms with Crippen LogP contribution in [0.1, 0.15) is 31.4 Å². The summed E-state index contributed by atoms with van der Waals surface area (Å²) in [7, 11) is 0. The van der Waals surface area contributed by atoms with Crippen LogP contribution in [-0.4, -0.2) is 23.9 Å². The van der Waals surface area contributed by atoms with Gasteiger partial charge in [0.1, 0.15) is 0 Å². The molecule has 0 aromatic carbocycles. The number of aromatic nitrogens is 1. The Balaban J connectivity index is 1.73. The van der Waals surface area contributed by atoms with Gasteiger partial charge in [-0.1, -0.05) is 12.5 Å². The smallest absolute Gasteiger partial charge is 0.0963 e. The molecule has 0 unspecified atom stereocenters. The Morgan fingerprint density at radius 3 is 3.06 bits per heavy atom. The Morgan fingerprint density at radius 1 is 1.19 bits per heavy atom. The van der Waals surface area contributed by atoms with E-state index in [9.17, 15) is 0 Å². The number of hydrogen-bond acceptors (Lipinski definition) is 3. The number of aliphatic imine (C=N–C) groups is 1. The number of amidine groups is 1. The van der Waals surface area contributed by atoms with Crippen LogP contribution in [0, 0.1) is 0 Å². The third kappa shape index (κ3) is 3.65. The summed E-state index contributed by atoms with van der Waals surface area (Å²) in [6.07, 6.45) is 7.76. The topological polar surface area (TPSA) is 37.3 Å². The summed E-state index contributed by atoms with van der Waals surface area (Å²) in [5, 5.41) is 3.42. The fourth-order valence-electron chi connectivity index (χ4n) is 1.90. The fraction of sp³-hybridized carbons (Fsp3) is 0.538. The third-order valence-electron chi connectivity index (χ3n) is 2.81. The molecule has 1 aromatic rings. The van der Waals surface area contributed by atoms with Gasteiger partial charge in [0.25, 0.3) is 0 Å². The average Bonchev–Trinajstić information content (AvgIpc) is 2.59. The van der Waals surface area contributed by atoms with Crippen molar-refractivity contribution in [1.29, 1.82) is 0 Å². The Labute approximate surface area is 97.0 Å². The van der Waals surface area contributed by atoms with Gasteiger partial charge in [0.05, 0.1) is 5.84 Å². The van der Waals surface area contributed by atoms with Crippen molar-refractivity contribution in [1.82, 2.24) is 10.3 Å². The summed E-state index contributed by atoms with van der Waals surface area (Å²) in [5.41, 5.74) is 1.14. The Hall–Kier alpha value is -1.38. The molecule has 0 fully saturated rings. The first-order chi connectivity index (χ1) is 7.95. The van der Waals surface area contributed by atoms with Crippen molar-refractivity contribution < 1.29 is 0 Å². The van der Waals surface area contributed by atoms with Crippen molar-refractivity contribution in [3.05, 3.63) is 30.1 Å². The molecule has 0 bridgehead atoms. The number of pyridine rings is 1. The minimum Gasteiger partial charge on any atom is -0.373 e. The Morgan fingerprint density at radius 2 is 2.19 bits per heavy atom. The standard InChI is InChI=1S/C13H19N3/c1-2-7-13(15-10-4-1)16-11-8-12-6-3-5-9-14-12/h3,5-6,9H,1-2,4,7-8,10-11H2,(H,15,16). The average molecular weight is 217 g/mol. The first-order valence-electron chi connectivity index (χ1n) is 6.12. The lowest BCUT2D eigenvalue weighted by molar-refractivity contribution is 0.727. The van der Waals surface area contributed by atoms with Gasteiger partial charge in [-0.2, -0.15) is 0 Å². The maximum atomic E-state index is 4.54. The van der Waals surface area contributed by atoms with E-state index in [0.29, 0.717) is 0 Å². The van der Waals surface area contributed by atoms with Gasteiger partial charge in [0.15, 0.2) is 0 Å². The lowest BCUT2D eigenvalue weighted by Crippen LogP contribution is -2.25. The van der Waals surface area contributed by atoms with Crippen LogP contribution in [0.4, 0.5) is 0 Å². The van der Waals surface area contributed by atoms with E-state index in [0.717, 1.165) is 31.6 Å². The molecule has 0 saturated carbocycles. The van der Waals surface area contributed by atoms with Crippen LogP contribution in [0.5, 0.6) is 0 Å². The largest absolute Gasteiger partial charge is 0.373 e. The van der Waals surface area contributed by atoms with E-state index in [4.69, 9.17) is 0 Å². The first kappa shape index (κ1) is 11.1. The van der Waals surface area contributed by atoms with Gasteiger partial charge in [-0.25, -0.2) is 0 Å². The summed E-state index contributed by atoms with van der Waals surface area (Å²) in [5.74, 6) is 1.19. The first-order valence-corrected chi connectivity index (χ1v) is 6.12. The molecular formula is C13H19N3. The summed E-state index contributed by atoms with van der Waals surface area (Å²) < 4.78 is 0. The number of nitrogens with zero attached hydrogens (tertiary/aromatic N) is 2. The van der Waals surface area contributed by atoms with Crippen molar-refractivity contribution in [3.63, 3.8) is 0 Å². The molecule has 0 amide bonds. The monoisotopic (exact) mass is 217 g/mol. The second-order valence-corrected chi connectivity index (χ2v) is 4.14. The van der Waals surface area contributed by atoms with E-state index >= 15 is 0 Å². The zero-order valence-corrected chi connectivity index (χ0v) is 9.65. The summed E-state index contributed by atoms with van der Waals surface area (Å²) in [6, 6.07) is 6.05. The Bertz CT molecular complexity index is 332. The maximum absolute atomic E-state index is 4.54. The molecule has 2 rings (SSSR count). The number of rotatable bonds is 3. The predicted octanol–water partition coefficient (Wildman–Crippen LogP) is 2.19. The van der Waals surface area contributed by atoms with Crippen LogP contribution in [0.25, 0.3) is 0 Å². The fourth-order valence-corrected chi connectivity index (χ4v) is 1.90. The van der Waals surface area contributed by atoms with Gasteiger partial charge in [-0.3, -0.25) is 9.98 Å². The van der Waals surface area contributed by atoms with E-state index in [1.54, 1.807) is 0 Å². The minimum absolute atomic E-state index is 0.940. The van der Waals surface area contributed by atoms with Crippen molar-refractivity contribution in [2.75, 3.05) is 13.1 Å². The molecule has 1 N–H and O–H groups in total. The summed E-state index contributed by atoms with van der Waals surface area (Å²) >= 11 is 0. The van der Waals surface area contributed by atoms with Crippen LogP contribution in [-0.2, 0) is 6.42 Å². The maximum Gasteiger partial charge on any atom is 0.0963 e. The summed E-state index contributed by atoms with van der Waals surface area (Å²) in [6.45, 7) is 1.93. The summed E-state index contributed by atoms with van der Waals surface area (Å²) in [4.78, 5) is 8.84. The number of hydrogen-bond donors (Lipinski definition) is 1. The van der Waals surface area contributed by atoms with Crippen molar-refractivity contribution in [3.8, 4) is 0 Å². The van der Waals surface area contributed by atoms with Crippen molar-refractivity contribution >= 4 is 5.84 Å². The van der Waals surface area contributed by atoms with Gasteiger partial charge in [0, 0.05) is 37.8 Å². The predicted molar refractivity (Wildman–Crippen MR) is 66.7 cm³/mol. The molecule has 1 aliphatic rings. The van der Waals surface area contributed by atoms with Gasteiger partial charge >= 0.3 is 0 Å². The SMILES string of the molecule is c1ccc(CCNC2=NCCCCC2)nc1. The highest BCUT2D eigenvalue weighted by Crippen LogP contribution is 2.05. The zero-order valence-electron chi connectivity index (χ0n) is 9.65. The molecule has 0 atom stereocenters. The highest BCUT2D eigenvalue weighted by atomic mass is 15.0. The molecule has 0 radical (unpaired) electrons. The quantitative estimate of drug-likeness (QED) is 0.842. The molecular weight excluding hydrogens is 198 g/mol. The Kier molecular flexibility index (Phi) is 4.35. The van der Waals surface area contributed by atoms with E-state index in [1.165, 1.54) is 25.1 Å². The van der Waals surface area contributed by atoms with E-state index in [1.807, 2.05) is 18.3 Å². The van der Waals surface area contributed by atoms with E-state index in [2.05, 4.69) is 21.4 Å². The molecule has 3 nitrogen and oxygen atoms in total. The number of nitrogens with one attached hydrogen (secondary N) is 1. The minimum atomic E-state index is 0.940. The second kappa shape index (κ2) is 6.26. The van der Waals surface area contributed by atoms with Gasteiger partial charge in [0.2, 0.25) is 0 Å². The van der Waals surface area contributed by atoms with Crippen LogP contribution in [0.15, 0.2) is 29.4 Å². The highest BCUT2D eigenvalue weighted by Gasteiger charge is 2.03. The normalized spacial score (nSPS) is 16.4. The molecule has 0 spiro atoms. The zero-order chi connectivity index (χ0) is 11.1. The molecule has 0 aliphatic carbocycles. The van der Waals surface area contributed by atoms with E-state index in [-0.39, 0.29) is 0 Å².